The number of Topliss-reactive ketones (excluding diaryl/α,β-unsaturated/α-hetero) is 1. The van der Waals surface area contributed by atoms with Crippen LogP contribution in [0.25, 0.3) is 10.8 Å². The molecule has 0 saturated carbocycles. The topological polar surface area (TPSA) is 46.5 Å². The summed E-state index contributed by atoms with van der Waals surface area (Å²) < 4.78 is 5.58. The highest BCUT2D eigenvalue weighted by Gasteiger charge is 2.28. The monoisotopic (exact) mass is 270 g/mol. The van der Waals surface area contributed by atoms with Crippen molar-refractivity contribution in [2.45, 2.75) is 33.1 Å². The number of methoxy groups -OCH3 is 1. The molecule has 3 nitrogen and oxygen atoms in total. The van der Waals surface area contributed by atoms with Gasteiger partial charge in [0.25, 0.3) is 0 Å². The largest absolute Gasteiger partial charge is 0.507 e. The van der Waals surface area contributed by atoms with Crippen LogP contribution in [0.1, 0.15) is 39.9 Å². The second-order valence-electron chi connectivity index (χ2n) is 5.52. The fourth-order valence-electron chi connectivity index (χ4n) is 3.33. The Bertz CT molecular complexity index is 729. The van der Waals surface area contributed by atoms with Crippen LogP contribution in [-0.4, -0.2) is 18.0 Å². The van der Waals surface area contributed by atoms with Crippen molar-refractivity contribution in [1.82, 2.24) is 0 Å². The lowest BCUT2D eigenvalue weighted by Gasteiger charge is -2.22. The zero-order valence-electron chi connectivity index (χ0n) is 12.0. The molecule has 0 heterocycles. The normalized spacial score (nSPS) is 14.4. The molecule has 0 fully saturated rings. The Kier molecular flexibility index (Phi) is 2.93. The van der Waals surface area contributed by atoms with Gasteiger partial charge in [0.1, 0.15) is 11.5 Å². The zero-order chi connectivity index (χ0) is 14.4. The number of carbonyl (C=O) groups excluding carboxylic acids is 1. The zero-order valence-corrected chi connectivity index (χ0v) is 12.0. The van der Waals surface area contributed by atoms with Gasteiger partial charge >= 0.3 is 0 Å². The van der Waals surface area contributed by atoms with E-state index < -0.39 is 0 Å². The number of ether oxygens (including phenoxy) is 1. The summed E-state index contributed by atoms with van der Waals surface area (Å²) in [6.45, 7) is 3.97. The number of benzene rings is 2. The molecule has 104 valence electrons. The molecule has 3 rings (SSSR count). The van der Waals surface area contributed by atoms with Crippen molar-refractivity contribution < 1.29 is 14.6 Å². The number of rotatable bonds is 1. The average Bonchev–Trinajstić information content (AvgIpc) is 2.38. The van der Waals surface area contributed by atoms with Crippen LogP contribution in [0.3, 0.4) is 0 Å². The van der Waals surface area contributed by atoms with Gasteiger partial charge in [-0.1, -0.05) is 11.6 Å². The number of hydrogen-bond acceptors (Lipinski definition) is 3. The van der Waals surface area contributed by atoms with E-state index in [9.17, 15) is 9.90 Å². The fourth-order valence-corrected chi connectivity index (χ4v) is 3.33. The summed E-state index contributed by atoms with van der Waals surface area (Å²) in [4.78, 5) is 12.2. The molecular formula is C17H18O3. The molecule has 0 spiro atoms. The first-order valence-electron chi connectivity index (χ1n) is 6.90. The molecule has 0 unspecified atom stereocenters. The van der Waals surface area contributed by atoms with Crippen molar-refractivity contribution in [1.29, 1.82) is 0 Å². The summed E-state index contributed by atoms with van der Waals surface area (Å²) in [5.74, 6) is 0.884. The summed E-state index contributed by atoms with van der Waals surface area (Å²) in [6.07, 6.45) is 2.10. The number of fused-ring (bicyclic) bond motifs is 2. The Balaban J connectivity index is 2.53. The first kappa shape index (κ1) is 13.0. The highest BCUT2D eigenvalue weighted by molar-refractivity contribution is 6.10. The predicted octanol–water partition coefficient (Wildman–Crippen LogP) is 3.69. The lowest BCUT2D eigenvalue weighted by atomic mass is 9.85. The number of phenolic OH excluding ortho intramolecular Hbond substituents is 1. The minimum Gasteiger partial charge on any atom is -0.507 e. The molecule has 0 radical (unpaired) electrons. The van der Waals surface area contributed by atoms with E-state index >= 15 is 0 Å². The van der Waals surface area contributed by atoms with Crippen LogP contribution in [0.5, 0.6) is 11.5 Å². The van der Waals surface area contributed by atoms with Crippen molar-refractivity contribution in [3.8, 4) is 11.5 Å². The second kappa shape index (κ2) is 4.51. The van der Waals surface area contributed by atoms with Crippen molar-refractivity contribution in [3.63, 3.8) is 0 Å². The number of ketones is 1. The molecule has 1 aliphatic rings. The van der Waals surface area contributed by atoms with E-state index in [0.717, 1.165) is 46.1 Å². The van der Waals surface area contributed by atoms with Crippen molar-refractivity contribution in [2.24, 2.45) is 0 Å². The summed E-state index contributed by atoms with van der Waals surface area (Å²) in [5.41, 5.74) is 3.41. The molecule has 2 aromatic rings. The van der Waals surface area contributed by atoms with Gasteiger partial charge in [-0.25, -0.2) is 0 Å². The Morgan fingerprint density at radius 1 is 1.20 bits per heavy atom. The van der Waals surface area contributed by atoms with Crippen LogP contribution in [0, 0.1) is 13.8 Å². The van der Waals surface area contributed by atoms with E-state index in [1.807, 2.05) is 26.0 Å². The molecule has 0 aliphatic heterocycles. The van der Waals surface area contributed by atoms with E-state index in [0.29, 0.717) is 12.0 Å². The maximum Gasteiger partial charge on any atom is 0.167 e. The number of phenols is 1. The van der Waals surface area contributed by atoms with E-state index in [2.05, 4.69) is 0 Å². The first-order valence-corrected chi connectivity index (χ1v) is 6.90. The third-order valence-corrected chi connectivity index (χ3v) is 4.09. The summed E-state index contributed by atoms with van der Waals surface area (Å²) >= 11 is 0. The Morgan fingerprint density at radius 2 is 1.95 bits per heavy atom. The first-order chi connectivity index (χ1) is 9.54. The van der Waals surface area contributed by atoms with Gasteiger partial charge in [0.2, 0.25) is 0 Å². The number of carbonyl (C=O) groups is 1. The summed E-state index contributed by atoms with van der Waals surface area (Å²) in [6, 6.07) is 4.03. The van der Waals surface area contributed by atoms with Gasteiger partial charge in [0.15, 0.2) is 5.78 Å². The second-order valence-corrected chi connectivity index (χ2v) is 5.52. The number of hydrogen-bond donors (Lipinski definition) is 1. The highest BCUT2D eigenvalue weighted by Crippen LogP contribution is 2.44. The molecule has 0 saturated heterocycles. The van der Waals surface area contributed by atoms with Crippen LogP contribution >= 0.6 is 0 Å². The minimum absolute atomic E-state index is 0.0175. The SMILES string of the molecule is COc1c2c(c(O)c3c(C)cc(C)cc13)C(=O)CCC2. The molecule has 3 heteroatoms. The Labute approximate surface area is 118 Å². The van der Waals surface area contributed by atoms with Gasteiger partial charge in [-0.15, -0.1) is 0 Å². The number of aromatic hydroxyl groups is 1. The van der Waals surface area contributed by atoms with Crippen LogP contribution in [-0.2, 0) is 6.42 Å². The molecule has 1 N–H and O–H groups in total. The summed E-state index contributed by atoms with van der Waals surface area (Å²) in [7, 11) is 1.63. The molecular weight excluding hydrogens is 252 g/mol. The van der Waals surface area contributed by atoms with E-state index in [1.165, 1.54) is 0 Å². The maximum absolute atomic E-state index is 12.2. The van der Waals surface area contributed by atoms with E-state index in [4.69, 9.17) is 4.74 Å². The molecule has 0 aromatic heterocycles. The van der Waals surface area contributed by atoms with Crippen LogP contribution in [0.4, 0.5) is 0 Å². The molecule has 0 bridgehead atoms. The Morgan fingerprint density at radius 3 is 2.65 bits per heavy atom. The van der Waals surface area contributed by atoms with E-state index in [1.54, 1.807) is 7.11 Å². The van der Waals surface area contributed by atoms with Crippen LogP contribution in [0.2, 0.25) is 0 Å². The third kappa shape index (κ3) is 1.69. The maximum atomic E-state index is 12.2. The van der Waals surface area contributed by atoms with Crippen molar-refractivity contribution in [2.75, 3.05) is 7.11 Å². The molecule has 20 heavy (non-hydrogen) atoms. The standard InChI is InChI=1S/C17H18O3/c1-9-7-10(2)14-12(8-9)17(20-3)11-5-4-6-13(18)15(11)16(14)19/h7-8,19H,4-6H2,1-3H3. The van der Waals surface area contributed by atoms with Gasteiger partial charge in [-0.05, 0) is 38.3 Å². The molecule has 0 atom stereocenters. The van der Waals surface area contributed by atoms with Gasteiger partial charge in [-0.2, -0.15) is 0 Å². The van der Waals surface area contributed by atoms with Gasteiger partial charge < -0.3 is 9.84 Å². The predicted molar refractivity (Wildman–Crippen MR) is 78.9 cm³/mol. The number of aryl methyl sites for hydroxylation is 2. The minimum atomic E-state index is 0.0175. The van der Waals surface area contributed by atoms with Gasteiger partial charge in [-0.3, -0.25) is 4.79 Å². The van der Waals surface area contributed by atoms with Crippen LogP contribution in [0.15, 0.2) is 12.1 Å². The quantitative estimate of drug-likeness (QED) is 0.859. The fraction of sp³-hybridized carbons (Fsp3) is 0.353. The Hall–Kier alpha value is -2.03. The van der Waals surface area contributed by atoms with Gasteiger partial charge in [0, 0.05) is 22.8 Å². The van der Waals surface area contributed by atoms with Crippen molar-refractivity contribution >= 4 is 16.6 Å². The molecule has 1 aliphatic carbocycles. The average molecular weight is 270 g/mol. The highest BCUT2D eigenvalue weighted by atomic mass is 16.5. The van der Waals surface area contributed by atoms with Crippen molar-refractivity contribution in [3.05, 3.63) is 34.4 Å². The van der Waals surface area contributed by atoms with Gasteiger partial charge in [0.05, 0.1) is 12.7 Å². The lowest BCUT2D eigenvalue weighted by Crippen LogP contribution is -2.13. The smallest absolute Gasteiger partial charge is 0.167 e. The molecule has 0 amide bonds. The lowest BCUT2D eigenvalue weighted by molar-refractivity contribution is 0.0969. The van der Waals surface area contributed by atoms with E-state index in [-0.39, 0.29) is 11.5 Å². The third-order valence-electron chi connectivity index (χ3n) is 4.09. The van der Waals surface area contributed by atoms with Crippen LogP contribution < -0.4 is 4.74 Å². The molecule has 2 aromatic carbocycles. The summed E-state index contributed by atoms with van der Waals surface area (Å²) in [5, 5.41) is 12.2.